The zero-order chi connectivity index (χ0) is 59.7. The summed E-state index contributed by atoms with van der Waals surface area (Å²) in [5.74, 6) is -11.0. The molecule has 0 saturated heterocycles. The lowest BCUT2D eigenvalue weighted by atomic mass is 10.0. The molecule has 32 nitrogen and oxygen atoms in total. The van der Waals surface area contributed by atoms with Crippen LogP contribution in [-0.2, 0) is 78.2 Å². The fraction of sp³-hybridized carbons (Fsp3) is 0.562. The van der Waals surface area contributed by atoms with Crippen LogP contribution in [-0.4, -0.2) is 223 Å². The molecular weight excluding hydrogens is 1060 g/mol. The van der Waals surface area contributed by atoms with E-state index in [0.29, 0.717) is 18.4 Å². The van der Waals surface area contributed by atoms with Crippen LogP contribution in [0.4, 0.5) is 0 Å². The Morgan fingerprint density at radius 2 is 1.11 bits per heavy atom. The normalized spacial score (nSPS) is 14.8. The second kappa shape index (κ2) is 37.0. The third-order valence-corrected chi connectivity index (χ3v) is 11.4. The summed E-state index contributed by atoms with van der Waals surface area (Å²) in [6.45, 7) is -1.82. The first-order valence-corrected chi connectivity index (χ1v) is 25.2. The number of ether oxygens (including phenoxy) is 2. The van der Waals surface area contributed by atoms with Gasteiger partial charge in [0.05, 0.1) is 52.2 Å². The Kier molecular flexibility index (Phi) is 31.5. The summed E-state index contributed by atoms with van der Waals surface area (Å²) in [4.78, 5) is 163. The van der Waals surface area contributed by atoms with Crippen molar-refractivity contribution in [1.29, 1.82) is 0 Å². The highest BCUT2D eigenvalue weighted by Gasteiger charge is 2.35. The van der Waals surface area contributed by atoms with Crippen LogP contribution in [0, 0.1) is 0 Å². The summed E-state index contributed by atoms with van der Waals surface area (Å²) in [6, 6.07) is -2.30. The number of aliphatic hydroxyl groups excluding tert-OH is 4. The monoisotopic (exact) mass is 1140 g/mol. The molecule has 2 rings (SSSR count). The molecule has 444 valence electrons. The van der Waals surface area contributed by atoms with Crippen LogP contribution >= 0.6 is 0 Å². The third-order valence-electron chi connectivity index (χ3n) is 11.4. The van der Waals surface area contributed by atoms with Gasteiger partial charge < -0.3 is 95.0 Å². The van der Waals surface area contributed by atoms with E-state index in [2.05, 4.69) is 47.9 Å². The maximum atomic E-state index is 13.4. The number of amides is 13. The van der Waals surface area contributed by atoms with Gasteiger partial charge >= 0.3 is 0 Å². The van der Waals surface area contributed by atoms with Gasteiger partial charge in [-0.1, -0.05) is 30.3 Å². The van der Waals surface area contributed by atoms with Crippen molar-refractivity contribution in [3.8, 4) is 0 Å². The molecule has 0 fully saturated rings. The van der Waals surface area contributed by atoms with Gasteiger partial charge in [-0.15, -0.1) is 0 Å². The van der Waals surface area contributed by atoms with Crippen LogP contribution in [0.15, 0.2) is 42.5 Å². The third kappa shape index (κ3) is 26.1. The minimum absolute atomic E-state index is 0.0330. The molecule has 1 aliphatic rings. The number of nitrogens with one attached hydrogen (secondary N) is 9. The van der Waals surface area contributed by atoms with Crippen LogP contribution in [0.5, 0.6) is 0 Å². The van der Waals surface area contributed by atoms with Crippen molar-refractivity contribution >= 4 is 76.8 Å². The van der Waals surface area contributed by atoms with Crippen molar-refractivity contribution in [3.63, 3.8) is 0 Å². The summed E-state index contributed by atoms with van der Waals surface area (Å²) < 4.78 is 10.6. The number of hydrogen-bond acceptors (Lipinski definition) is 20. The number of carbonyl (C=O) groups is 13. The molecule has 1 heterocycles. The van der Waals surface area contributed by atoms with E-state index < -0.39 is 158 Å². The lowest BCUT2D eigenvalue weighted by molar-refractivity contribution is -0.138. The SMILES string of the molecule is C[C@@H](O)[C@H](NC(=O)[C@H](CC(N)=O)NC(=O)[C@@H](N)CO)C(=O)N[C@@H](CO)C(=O)NC(CCC(=O)NCCCCNC(=O)C(Cc1ccccc1)NC(=O)C(CO)NC(=O)COCCOCCNC(=O)CCN1C(=O)C=CC1=O)C(N)=O. The van der Waals surface area contributed by atoms with Crippen LogP contribution in [0.1, 0.15) is 51.0 Å². The highest BCUT2D eigenvalue weighted by atomic mass is 16.5. The number of aliphatic hydroxyl groups is 4. The Balaban J connectivity index is 1.80. The maximum absolute atomic E-state index is 13.4. The summed E-state index contributed by atoms with van der Waals surface area (Å²) in [7, 11) is 0. The van der Waals surface area contributed by atoms with E-state index in [1.54, 1.807) is 30.3 Å². The molecule has 1 aromatic carbocycles. The lowest BCUT2D eigenvalue weighted by Gasteiger charge is -2.26. The van der Waals surface area contributed by atoms with Crippen LogP contribution in [0.2, 0.25) is 0 Å². The molecule has 80 heavy (non-hydrogen) atoms. The first-order valence-electron chi connectivity index (χ1n) is 25.2. The van der Waals surface area contributed by atoms with E-state index in [0.717, 1.165) is 24.0 Å². The lowest BCUT2D eigenvalue weighted by Crippen LogP contribution is -2.62. The fourth-order valence-electron chi connectivity index (χ4n) is 6.98. The molecule has 3 unspecified atom stereocenters. The van der Waals surface area contributed by atoms with Crippen molar-refractivity contribution < 1.29 is 92.2 Å². The molecule has 0 spiro atoms. The van der Waals surface area contributed by atoms with Crippen molar-refractivity contribution in [2.45, 2.75) is 100 Å². The van der Waals surface area contributed by atoms with Crippen LogP contribution in [0.3, 0.4) is 0 Å². The number of primary amides is 2. The number of nitrogens with two attached hydrogens (primary N) is 3. The smallest absolute Gasteiger partial charge is 0.253 e. The molecular formula is C48H73N13O19. The molecule has 0 aromatic heterocycles. The highest BCUT2D eigenvalue weighted by Crippen LogP contribution is 2.07. The zero-order valence-corrected chi connectivity index (χ0v) is 44.0. The average molecular weight is 1140 g/mol. The van der Waals surface area contributed by atoms with Crippen molar-refractivity contribution in [2.24, 2.45) is 17.2 Å². The molecule has 0 bridgehead atoms. The Morgan fingerprint density at radius 1 is 0.575 bits per heavy atom. The van der Waals surface area contributed by atoms with Gasteiger partial charge in [-0.2, -0.15) is 0 Å². The Labute approximate surface area is 458 Å². The topological polar surface area (TPSA) is 511 Å². The molecule has 13 amide bonds. The number of carbonyl (C=O) groups excluding carboxylic acids is 13. The van der Waals surface area contributed by atoms with Crippen molar-refractivity contribution in [3.05, 3.63) is 48.0 Å². The van der Waals surface area contributed by atoms with E-state index in [-0.39, 0.29) is 71.7 Å². The number of unbranched alkanes of at least 4 members (excludes halogenated alkanes) is 1. The summed E-state index contributed by atoms with van der Waals surface area (Å²) in [5.41, 5.74) is 16.7. The minimum Gasteiger partial charge on any atom is -0.394 e. The van der Waals surface area contributed by atoms with Gasteiger partial charge in [0, 0.05) is 57.6 Å². The van der Waals surface area contributed by atoms with Crippen LogP contribution < -0.4 is 65.1 Å². The largest absolute Gasteiger partial charge is 0.394 e. The number of rotatable bonds is 40. The predicted octanol–water partition coefficient (Wildman–Crippen LogP) is -9.56. The molecule has 19 N–H and O–H groups in total. The quantitative estimate of drug-likeness (QED) is 0.0214. The molecule has 0 aliphatic carbocycles. The molecule has 0 radical (unpaired) electrons. The van der Waals surface area contributed by atoms with Gasteiger partial charge in [-0.25, -0.2) is 0 Å². The molecule has 1 aliphatic heterocycles. The zero-order valence-electron chi connectivity index (χ0n) is 44.0. The minimum atomic E-state index is -1.86. The molecule has 1 aromatic rings. The predicted molar refractivity (Wildman–Crippen MR) is 275 cm³/mol. The van der Waals surface area contributed by atoms with Gasteiger partial charge in [-0.05, 0) is 31.7 Å². The summed E-state index contributed by atoms with van der Waals surface area (Å²) >= 11 is 0. The number of benzene rings is 1. The second-order valence-electron chi connectivity index (χ2n) is 17.8. The van der Waals surface area contributed by atoms with E-state index in [1.807, 2.05) is 0 Å². The van der Waals surface area contributed by atoms with Gasteiger partial charge in [0.1, 0.15) is 48.9 Å². The number of imide groups is 1. The highest BCUT2D eigenvalue weighted by molar-refractivity contribution is 6.13. The van der Waals surface area contributed by atoms with Crippen molar-refractivity contribution in [1.82, 2.24) is 52.8 Å². The van der Waals surface area contributed by atoms with E-state index in [4.69, 9.17) is 31.8 Å². The van der Waals surface area contributed by atoms with Gasteiger partial charge in [-0.3, -0.25) is 67.2 Å². The van der Waals surface area contributed by atoms with Gasteiger partial charge in [0.15, 0.2) is 0 Å². The Hall–Kier alpha value is -8.01. The maximum Gasteiger partial charge on any atom is 0.253 e. The fourth-order valence-corrected chi connectivity index (χ4v) is 6.98. The summed E-state index contributed by atoms with van der Waals surface area (Å²) in [6.07, 6.45) is -0.282. The Morgan fingerprint density at radius 3 is 1.70 bits per heavy atom. The standard InChI is InChI=1S/C48H73N13O19/c1-27(65)41(60-45(75)32(22-35(50)66)57-43(73)29(49)23-62)48(78)59-34(25-64)47(77)56-30(42(51)72)9-10-36(67)52-14-5-6-15-54-44(74)31(21-28-7-3-2-4-8-28)58-46(76)33(24-63)55-38(69)26-80-20-19-79-18-16-53-37(68)13-17-61-39(70)11-12-40(61)71/h2-4,7-8,11-12,27,29-34,41,62-65H,5-6,9-10,13-26,49H2,1H3,(H2,50,66)(H2,51,72)(H,52,67)(H,53,68)(H,54,74)(H,55,69)(H,56,77)(H,57,73)(H,58,76)(H,59,78)(H,60,75)/t27-,29+,30?,31?,32+,33?,34+,41+/m1/s1. The van der Waals surface area contributed by atoms with Gasteiger partial charge in [0.2, 0.25) is 65.0 Å². The van der Waals surface area contributed by atoms with E-state index in [9.17, 15) is 77.6 Å². The first-order chi connectivity index (χ1) is 38.0. The van der Waals surface area contributed by atoms with E-state index >= 15 is 0 Å². The molecule has 0 saturated carbocycles. The number of nitrogens with zero attached hydrogens (tertiary/aromatic N) is 1. The molecule has 32 heteroatoms. The molecule has 8 atom stereocenters. The average Bonchev–Trinajstić information content (AvgIpc) is 3.74. The van der Waals surface area contributed by atoms with Gasteiger partial charge in [0.25, 0.3) is 11.8 Å². The van der Waals surface area contributed by atoms with Crippen molar-refractivity contribution in [2.75, 3.05) is 72.4 Å². The Bertz CT molecular complexity index is 2310. The second-order valence-corrected chi connectivity index (χ2v) is 17.8. The first kappa shape index (κ1) is 68.1. The van der Waals surface area contributed by atoms with Crippen LogP contribution in [0.25, 0.3) is 0 Å². The van der Waals surface area contributed by atoms with E-state index in [1.165, 1.54) is 0 Å². The summed E-state index contributed by atoms with van der Waals surface area (Å²) in [5, 5.41) is 60.5. The number of hydrogen-bond donors (Lipinski definition) is 16.